The molecule has 0 heterocycles. The van der Waals surface area contributed by atoms with Crippen LogP contribution in [0.25, 0.3) is 0 Å². The number of rotatable bonds is 6. The van der Waals surface area contributed by atoms with E-state index in [1.807, 2.05) is 26.0 Å². The van der Waals surface area contributed by atoms with Crippen LogP contribution in [0.15, 0.2) is 23.2 Å². The molecular formula is C14H24IN3O. The number of aliphatic imine (C=N–C) groups is 1. The minimum atomic E-state index is 0. The van der Waals surface area contributed by atoms with Gasteiger partial charge in [0.05, 0.1) is 13.2 Å². The summed E-state index contributed by atoms with van der Waals surface area (Å²) in [6.07, 6.45) is 1.03. The van der Waals surface area contributed by atoms with Crippen LogP contribution in [0.5, 0.6) is 5.75 Å². The van der Waals surface area contributed by atoms with E-state index in [2.05, 4.69) is 23.3 Å². The molecule has 0 saturated carbocycles. The van der Waals surface area contributed by atoms with Gasteiger partial charge in [0.25, 0.3) is 0 Å². The first-order chi connectivity index (χ1) is 8.67. The van der Waals surface area contributed by atoms with Crippen molar-refractivity contribution in [2.75, 3.05) is 13.2 Å². The second kappa shape index (κ2) is 9.89. The number of guanidine groups is 1. The number of hydrogen-bond donors (Lipinski definition) is 2. The molecular weight excluding hydrogens is 353 g/mol. The number of nitrogens with two attached hydrogens (primary N) is 1. The summed E-state index contributed by atoms with van der Waals surface area (Å²) in [5.74, 6) is 1.38. The van der Waals surface area contributed by atoms with E-state index in [1.165, 1.54) is 5.56 Å². The van der Waals surface area contributed by atoms with E-state index in [9.17, 15) is 0 Å². The van der Waals surface area contributed by atoms with Gasteiger partial charge in [-0.3, -0.25) is 0 Å². The van der Waals surface area contributed by atoms with E-state index in [0.717, 1.165) is 24.3 Å². The minimum Gasteiger partial charge on any atom is -0.494 e. The lowest BCUT2D eigenvalue weighted by atomic mass is 10.1. The summed E-state index contributed by atoms with van der Waals surface area (Å²) in [5, 5.41) is 3.05. The number of aryl methyl sites for hydroxylation is 1. The van der Waals surface area contributed by atoms with Crippen LogP contribution >= 0.6 is 24.0 Å². The third-order valence-corrected chi connectivity index (χ3v) is 2.50. The summed E-state index contributed by atoms with van der Waals surface area (Å²) in [6.45, 7) is 8.16. The molecule has 0 atom stereocenters. The van der Waals surface area contributed by atoms with Crippen molar-refractivity contribution in [2.45, 2.75) is 33.7 Å². The molecule has 0 radical (unpaired) electrons. The smallest absolute Gasteiger partial charge is 0.188 e. The zero-order valence-electron chi connectivity index (χ0n) is 11.9. The number of nitrogens with one attached hydrogen (secondary N) is 1. The number of nitrogens with zero attached hydrogens (tertiary/aromatic N) is 1. The fraction of sp³-hybridized carbons (Fsp3) is 0.500. The Kier molecular flexibility index (Phi) is 9.38. The molecule has 0 amide bonds. The largest absolute Gasteiger partial charge is 0.494 e. The first-order valence-corrected chi connectivity index (χ1v) is 6.43. The van der Waals surface area contributed by atoms with Crippen LogP contribution in [-0.2, 0) is 6.54 Å². The number of ether oxygens (including phenoxy) is 1. The summed E-state index contributed by atoms with van der Waals surface area (Å²) in [4.78, 5) is 4.31. The molecule has 0 aliphatic rings. The first-order valence-electron chi connectivity index (χ1n) is 6.43. The van der Waals surface area contributed by atoms with Gasteiger partial charge in [-0.15, -0.1) is 24.0 Å². The molecule has 0 aliphatic carbocycles. The van der Waals surface area contributed by atoms with Crippen LogP contribution in [0.1, 0.15) is 31.4 Å². The van der Waals surface area contributed by atoms with E-state index < -0.39 is 0 Å². The van der Waals surface area contributed by atoms with E-state index in [0.29, 0.717) is 19.1 Å². The first kappa shape index (κ1) is 18.0. The quantitative estimate of drug-likeness (QED) is 0.455. The molecule has 0 spiro atoms. The molecule has 0 aliphatic heterocycles. The van der Waals surface area contributed by atoms with Crippen LogP contribution in [-0.4, -0.2) is 19.1 Å². The molecule has 0 fully saturated rings. The van der Waals surface area contributed by atoms with E-state index in [1.54, 1.807) is 0 Å². The van der Waals surface area contributed by atoms with Gasteiger partial charge in [0, 0.05) is 12.1 Å². The Morgan fingerprint density at radius 3 is 2.74 bits per heavy atom. The monoisotopic (exact) mass is 377 g/mol. The zero-order chi connectivity index (χ0) is 13.4. The van der Waals surface area contributed by atoms with Crippen molar-refractivity contribution < 1.29 is 4.74 Å². The van der Waals surface area contributed by atoms with Gasteiger partial charge in [-0.2, -0.15) is 0 Å². The molecule has 19 heavy (non-hydrogen) atoms. The van der Waals surface area contributed by atoms with Crippen molar-refractivity contribution in [1.82, 2.24) is 5.32 Å². The highest BCUT2D eigenvalue weighted by Gasteiger charge is 2.03. The fourth-order valence-corrected chi connectivity index (χ4v) is 1.56. The molecule has 0 bridgehead atoms. The van der Waals surface area contributed by atoms with Gasteiger partial charge in [0.15, 0.2) is 5.96 Å². The highest BCUT2D eigenvalue weighted by atomic mass is 127. The Morgan fingerprint density at radius 2 is 2.11 bits per heavy atom. The lowest BCUT2D eigenvalue weighted by molar-refractivity contribution is 0.336. The van der Waals surface area contributed by atoms with Crippen LogP contribution in [0.2, 0.25) is 0 Å². The average Bonchev–Trinajstić information content (AvgIpc) is 2.36. The molecule has 0 unspecified atom stereocenters. The van der Waals surface area contributed by atoms with Crippen molar-refractivity contribution in [3.05, 3.63) is 29.3 Å². The summed E-state index contributed by atoms with van der Waals surface area (Å²) in [6, 6.07) is 6.13. The Morgan fingerprint density at radius 1 is 1.37 bits per heavy atom. The molecule has 0 aromatic heterocycles. The zero-order valence-corrected chi connectivity index (χ0v) is 14.2. The fourth-order valence-electron chi connectivity index (χ4n) is 1.56. The Hall–Kier alpha value is -0.980. The SMILES string of the molecule is CCCNC(N)=NCc1ccc(C)cc1OCC.I. The van der Waals surface area contributed by atoms with Crippen LogP contribution < -0.4 is 15.8 Å². The van der Waals surface area contributed by atoms with Crippen LogP contribution in [0.3, 0.4) is 0 Å². The molecule has 0 saturated heterocycles. The summed E-state index contributed by atoms with van der Waals surface area (Å²) in [7, 11) is 0. The van der Waals surface area contributed by atoms with Crippen LogP contribution in [0.4, 0.5) is 0 Å². The normalized spacial score (nSPS) is 10.8. The van der Waals surface area contributed by atoms with Gasteiger partial charge in [-0.1, -0.05) is 19.1 Å². The molecule has 3 N–H and O–H groups in total. The van der Waals surface area contributed by atoms with Crippen molar-refractivity contribution in [3.8, 4) is 5.75 Å². The Labute approximate surface area is 132 Å². The van der Waals surface area contributed by atoms with E-state index in [-0.39, 0.29) is 24.0 Å². The number of hydrogen-bond acceptors (Lipinski definition) is 2. The number of halogens is 1. The highest BCUT2D eigenvalue weighted by Crippen LogP contribution is 2.21. The summed E-state index contributed by atoms with van der Waals surface area (Å²) >= 11 is 0. The van der Waals surface area contributed by atoms with E-state index >= 15 is 0 Å². The molecule has 4 nitrogen and oxygen atoms in total. The third-order valence-electron chi connectivity index (χ3n) is 2.50. The maximum absolute atomic E-state index is 5.76. The third kappa shape index (κ3) is 6.66. The second-order valence-electron chi connectivity index (χ2n) is 4.17. The lowest BCUT2D eigenvalue weighted by Gasteiger charge is -2.10. The molecule has 5 heteroatoms. The second-order valence-corrected chi connectivity index (χ2v) is 4.17. The van der Waals surface area contributed by atoms with Crippen LogP contribution in [0, 0.1) is 6.92 Å². The van der Waals surface area contributed by atoms with Gasteiger partial charge in [-0.05, 0) is 31.9 Å². The Balaban J connectivity index is 0.00000324. The topological polar surface area (TPSA) is 59.6 Å². The predicted octanol–water partition coefficient (Wildman–Crippen LogP) is 2.83. The van der Waals surface area contributed by atoms with Crippen molar-refractivity contribution in [3.63, 3.8) is 0 Å². The van der Waals surface area contributed by atoms with Crippen molar-refractivity contribution >= 4 is 29.9 Å². The number of benzene rings is 1. The molecule has 108 valence electrons. The summed E-state index contributed by atoms with van der Waals surface area (Å²) < 4.78 is 5.60. The van der Waals surface area contributed by atoms with Gasteiger partial charge in [-0.25, -0.2) is 4.99 Å². The molecule has 1 aromatic carbocycles. The highest BCUT2D eigenvalue weighted by molar-refractivity contribution is 14.0. The molecule has 1 rings (SSSR count). The van der Waals surface area contributed by atoms with Crippen molar-refractivity contribution in [2.24, 2.45) is 10.7 Å². The van der Waals surface area contributed by atoms with Gasteiger partial charge in [0.1, 0.15) is 5.75 Å². The van der Waals surface area contributed by atoms with Crippen molar-refractivity contribution in [1.29, 1.82) is 0 Å². The van der Waals surface area contributed by atoms with Gasteiger partial charge in [0.2, 0.25) is 0 Å². The maximum atomic E-state index is 5.76. The minimum absolute atomic E-state index is 0. The Bertz CT molecular complexity index is 408. The maximum Gasteiger partial charge on any atom is 0.188 e. The average molecular weight is 377 g/mol. The lowest BCUT2D eigenvalue weighted by Crippen LogP contribution is -2.32. The van der Waals surface area contributed by atoms with Gasteiger partial charge >= 0.3 is 0 Å². The predicted molar refractivity (Wildman–Crippen MR) is 91.4 cm³/mol. The molecule has 1 aromatic rings. The van der Waals surface area contributed by atoms with E-state index in [4.69, 9.17) is 10.5 Å². The van der Waals surface area contributed by atoms with Gasteiger partial charge < -0.3 is 15.8 Å². The summed E-state index contributed by atoms with van der Waals surface area (Å²) in [5.41, 5.74) is 8.00. The standard InChI is InChI=1S/C14H23N3O.HI/c1-4-8-16-14(15)17-10-12-7-6-11(3)9-13(12)18-5-2;/h6-7,9H,4-5,8,10H2,1-3H3,(H3,15,16,17);1H.